The average molecular weight is 260 g/mol. The summed E-state index contributed by atoms with van der Waals surface area (Å²) in [6, 6.07) is 2.84. The molecule has 0 aliphatic carbocycles. The van der Waals surface area contributed by atoms with Crippen molar-refractivity contribution in [1.29, 1.82) is 0 Å². The Hall–Kier alpha value is -1.23. The first-order chi connectivity index (χ1) is 6.54. The van der Waals surface area contributed by atoms with Crippen LogP contribution in [0.1, 0.15) is 5.56 Å². The van der Waals surface area contributed by atoms with Gasteiger partial charge in [-0.25, -0.2) is 0 Å². The zero-order valence-electron chi connectivity index (χ0n) is 7.41. The maximum Gasteiger partial charge on any atom is 0.160 e. The van der Waals surface area contributed by atoms with E-state index < -0.39 is 5.97 Å². The van der Waals surface area contributed by atoms with Crippen LogP contribution in [0.3, 0.4) is 0 Å². The summed E-state index contributed by atoms with van der Waals surface area (Å²) in [5.74, 6) is -0.982. The number of benzene rings is 1. The second-order valence-corrected chi connectivity index (χ2v) is 3.52. The van der Waals surface area contributed by atoms with E-state index in [2.05, 4.69) is 15.9 Å². The molecule has 0 fully saturated rings. The van der Waals surface area contributed by atoms with Crippen molar-refractivity contribution in [2.24, 2.45) is 0 Å². The smallest absolute Gasteiger partial charge is 0.160 e. The molecule has 14 heavy (non-hydrogen) atoms. The van der Waals surface area contributed by atoms with Crippen LogP contribution in [0, 0.1) is 0 Å². The fourth-order valence-corrected chi connectivity index (χ4v) is 1.51. The molecule has 1 aromatic carbocycles. The Bertz CT molecular complexity index is 362. The number of aliphatic carboxylic acids is 1. The number of carboxylic acid groups (broad SMARTS) is 1. The molecule has 0 atom stereocenters. The maximum absolute atomic E-state index is 10.4. The summed E-state index contributed by atoms with van der Waals surface area (Å²) in [6.07, 6.45) is -0.225. The number of ether oxygens (including phenoxy) is 1. The molecule has 0 amide bonds. The van der Waals surface area contributed by atoms with E-state index in [1.807, 2.05) is 0 Å². The molecule has 0 saturated heterocycles. The van der Waals surface area contributed by atoms with Gasteiger partial charge in [0.1, 0.15) is 0 Å². The number of phenolic OH excluding ortho intramolecular Hbond substituents is 1. The monoisotopic (exact) mass is 259 g/mol. The van der Waals surface area contributed by atoms with Gasteiger partial charge in [0.2, 0.25) is 0 Å². The number of hydrogen-bond donors (Lipinski definition) is 1. The number of phenols is 1. The second kappa shape index (κ2) is 4.32. The average Bonchev–Trinajstić information content (AvgIpc) is 2.09. The molecule has 0 bridgehead atoms. The van der Waals surface area contributed by atoms with E-state index in [1.165, 1.54) is 19.2 Å². The molecule has 0 spiro atoms. The third-order valence-electron chi connectivity index (χ3n) is 1.68. The van der Waals surface area contributed by atoms with Crippen LogP contribution in [-0.4, -0.2) is 18.2 Å². The Balaban J connectivity index is 3.10. The minimum absolute atomic E-state index is 0.0403. The van der Waals surface area contributed by atoms with Gasteiger partial charge in [0.25, 0.3) is 0 Å². The summed E-state index contributed by atoms with van der Waals surface area (Å²) < 4.78 is 5.35. The van der Waals surface area contributed by atoms with Crippen molar-refractivity contribution in [2.45, 2.75) is 6.42 Å². The summed E-state index contributed by atoms with van der Waals surface area (Å²) in [4.78, 5) is 10.4. The van der Waals surface area contributed by atoms with Gasteiger partial charge < -0.3 is 19.7 Å². The van der Waals surface area contributed by atoms with Gasteiger partial charge in [0.05, 0.1) is 7.11 Å². The molecular formula is C9H8BrO4-. The van der Waals surface area contributed by atoms with Gasteiger partial charge in [-0.1, -0.05) is 15.9 Å². The highest BCUT2D eigenvalue weighted by atomic mass is 79.9. The molecule has 76 valence electrons. The van der Waals surface area contributed by atoms with Crippen molar-refractivity contribution < 1.29 is 19.7 Å². The summed E-state index contributed by atoms with van der Waals surface area (Å²) >= 11 is 3.13. The molecular weight excluding hydrogens is 252 g/mol. The SMILES string of the molecule is COc1cc(CC(=O)[O-])c(Br)cc1O. The summed E-state index contributed by atoms with van der Waals surface area (Å²) in [5.41, 5.74) is 0.500. The highest BCUT2D eigenvalue weighted by Crippen LogP contribution is 2.32. The number of carbonyl (C=O) groups is 1. The lowest BCUT2D eigenvalue weighted by atomic mass is 10.1. The molecule has 0 aliphatic heterocycles. The van der Waals surface area contributed by atoms with Crippen LogP contribution in [0.25, 0.3) is 0 Å². The highest BCUT2D eigenvalue weighted by molar-refractivity contribution is 9.10. The Kier molecular flexibility index (Phi) is 3.35. The zero-order valence-corrected chi connectivity index (χ0v) is 9.00. The van der Waals surface area contributed by atoms with E-state index in [4.69, 9.17) is 4.74 Å². The molecule has 1 rings (SSSR count). The van der Waals surface area contributed by atoms with Crippen molar-refractivity contribution in [3.8, 4) is 11.5 Å². The van der Waals surface area contributed by atoms with Crippen molar-refractivity contribution in [2.75, 3.05) is 7.11 Å². The Morgan fingerprint density at radius 3 is 2.79 bits per heavy atom. The number of halogens is 1. The Morgan fingerprint density at radius 2 is 2.29 bits per heavy atom. The van der Waals surface area contributed by atoms with Crippen LogP contribution in [0.15, 0.2) is 16.6 Å². The lowest BCUT2D eigenvalue weighted by Gasteiger charge is -2.09. The third-order valence-corrected chi connectivity index (χ3v) is 2.42. The minimum atomic E-state index is -1.18. The predicted octanol–water partition coefficient (Wildman–Crippen LogP) is 0.456. The first kappa shape index (κ1) is 10.8. The van der Waals surface area contributed by atoms with Gasteiger partial charge in [0, 0.05) is 16.9 Å². The van der Waals surface area contributed by atoms with Gasteiger partial charge in [-0.2, -0.15) is 0 Å². The van der Waals surface area contributed by atoms with Crippen LogP contribution in [0.5, 0.6) is 11.5 Å². The van der Waals surface area contributed by atoms with Crippen molar-refractivity contribution in [1.82, 2.24) is 0 Å². The quantitative estimate of drug-likeness (QED) is 0.856. The first-order valence-electron chi connectivity index (χ1n) is 3.80. The maximum atomic E-state index is 10.4. The van der Waals surface area contributed by atoms with Crippen LogP contribution >= 0.6 is 15.9 Å². The van der Waals surface area contributed by atoms with Crippen LogP contribution in [-0.2, 0) is 11.2 Å². The van der Waals surface area contributed by atoms with E-state index in [9.17, 15) is 15.0 Å². The number of aromatic hydroxyl groups is 1. The van der Waals surface area contributed by atoms with Crippen molar-refractivity contribution in [3.63, 3.8) is 0 Å². The molecule has 4 nitrogen and oxygen atoms in total. The summed E-state index contributed by atoms with van der Waals surface area (Å²) in [6.45, 7) is 0. The molecule has 0 radical (unpaired) electrons. The summed E-state index contributed by atoms with van der Waals surface area (Å²) in [7, 11) is 1.39. The third kappa shape index (κ3) is 2.38. The van der Waals surface area contributed by atoms with Crippen LogP contribution < -0.4 is 9.84 Å². The second-order valence-electron chi connectivity index (χ2n) is 2.66. The fraction of sp³-hybridized carbons (Fsp3) is 0.222. The van der Waals surface area contributed by atoms with Crippen LogP contribution in [0.2, 0.25) is 0 Å². The van der Waals surface area contributed by atoms with E-state index in [0.29, 0.717) is 10.0 Å². The molecule has 1 N–H and O–H groups in total. The Morgan fingerprint density at radius 1 is 1.64 bits per heavy atom. The molecule has 0 aliphatic rings. The van der Waals surface area contributed by atoms with Crippen LogP contribution in [0.4, 0.5) is 0 Å². The van der Waals surface area contributed by atoms with Gasteiger partial charge in [0.15, 0.2) is 11.5 Å². The highest BCUT2D eigenvalue weighted by Gasteiger charge is 2.07. The zero-order chi connectivity index (χ0) is 10.7. The number of rotatable bonds is 3. The van der Waals surface area contributed by atoms with Gasteiger partial charge in [-0.3, -0.25) is 0 Å². The lowest BCUT2D eigenvalue weighted by Crippen LogP contribution is -2.24. The van der Waals surface area contributed by atoms with E-state index >= 15 is 0 Å². The summed E-state index contributed by atoms with van der Waals surface area (Å²) in [5, 5.41) is 19.7. The molecule has 0 heterocycles. The largest absolute Gasteiger partial charge is 0.550 e. The Labute approximate surface area is 89.3 Å². The predicted molar refractivity (Wildman–Crippen MR) is 51.1 cm³/mol. The lowest BCUT2D eigenvalue weighted by molar-refractivity contribution is -0.304. The molecule has 5 heteroatoms. The number of carboxylic acids is 1. The first-order valence-corrected chi connectivity index (χ1v) is 4.59. The van der Waals surface area contributed by atoms with E-state index in [-0.39, 0.29) is 17.9 Å². The number of hydrogen-bond acceptors (Lipinski definition) is 4. The topological polar surface area (TPSA) is 69.6 Å². The van der Waals surface area contributed by atoms with Crippen molar-refractivity contribution >= 4 is 21.9 Å². The molecule has 0 unspecified atom stereocenters. The standard InChI is InChI=1S/C9H9BrO4/c1-14-8-2-5(3-9(12)13)6(10)4-7(8)11/h2,4,11H,3H2,1H3,(H,12,13)/p-1. The van der Waals surface area contributed by atoms with E-state index in [1.54, 1.807) is 0 Å². The number of carbonyl (C=O) groups excluding carboxylic acids is 1. The molecule has 1 aromatic rings. The molecule has 0 aromatic heterocycles. The molecule has 0 saturated carbocycles. The fourth-order valence-electron chi connectivity index (χ4n) is 1.04. The normalized spacial score (nSPS) is 9.86. The van der Waals surface area contributed by atoms with Crippen molar-refractivity contribution in [3.05, 3.63) is 22.2 Å². The van der Waals surface area contributed by atoms with Gasteiger partial charge >= 0.3 is 0 Å². The number of methoxy groups -OCH3 is 1. The minimum Gasteiger partial charge on any atom is -0.550 e. The van der Waals surface area contributed by atoms with E-state index in [0.717, 1.165) is 0 Å². The van der Waals surface area contributed by atoms with Gasteiger partial charge in [-0.15, -0.1) is 0 Å². The van der Waals surface area contributed by atoms with Gasteiger partial charge in [-0.05, 0) is 17.7 Å².